The van der Waals surface area contributed by atoms with Crippen molar-refractivity contribution in [1.29, 1.82) is 0 Å². The Balaban J connectivity index is 2.45. The number of nitro groups is 1. The first kappa shape index (κ1) is 11.7. The van der Waals surface area contributed by atoms with Crippen molar-refractivity contribution in [2.45, 2.75) is 0 Å². The lowest BCUT2D eigenvalue weighted by atomic mass is 10.2. The number of rotatable bonds is 4. The lowest BCUT2D eigenvalue weighted by Crippen LogP contribution is -1.97. The van der Waals surface area contributed by atoms with E-state index in [-0.39, 0.29) is 17.1 Å². The second kappa shape index (κ2) is 5.05. The number of nitrogens with one attached hydrogen (secondary N) is 1. The predicted octanol–water partition coefficient (Wildman–Crippen LogP) is 3.74. The van der Waals surface area contributed by atoms with E-state index >= 15 is 0 Å². The molecule has 0 aromatic heterocycles. The predicted molar refractivity (Wildman–Crippen MR) is 68.3 cm³/mol. The molecule has 0 saturated carbocycles. The van der Waals surface area contributed by atoms with Crippen LogP contribution < -0.4 is 5.32 Å². The van der Waals surface area contributed by atoms with Crippen LogP contribution in [0.25, 0.3) is 0 Å². The van der Waals surface area contributed by atoms with E-state index in [2.05, 4.69) is 10.5 Å². The van der Waals surface area contributed by atoms with Gasteiger partial charge in [-0.25, -0.2) is 0 Å². The maximum Gasteiger partial charge on any atom is 0.321 e. The first-order chi connectivity index (χ1) is 8.72. The number of nitroso groups, excluding NO2 is 1. The molecule has 0 spiro atoms. The molecular weight excluding hydrogens is 234 g/mol. The van der Waals surface area contributed by atoms with Gasteiger partial charge in [-0.15, -0.1) is 4.91 Å². The quantitative estimate of drug-likeness (QED) is 0.503. The van der Waals surface area contributed by atoms with Crippen LogP contribution in [-0.2, 0) is 0 Å². The van der Waals surface area contributed by atoms with Crippen LogP contribution in [0, 0.1) is 15.0 Å². The average Bonchev–Trinajstić information content (AvgIpc) is 2.39. The van der Waals surface area contributed by atoms with Crippen molar-refractivity contribution in [3.8, 4) is 0 Å². The van der Waals surface area contributed by atoms with Crippen molar-refractivity contribution in [1.82, 2.24) is 0 Å². The summed E-state index contributed by atoms with van der Waals surface area (Å²) >= 11 is 0. The Bertz CT molecular complexity index is 584. The number of benzene rings is 2. The second-order valence-corrected chi connectivity index (χ2v) is 3.51. The summed E-state index contributed by atoms with van der Waals surface area (Å²) in [7, 11) is 0. The van der Waals surface area contributed by atoms with Crippen molar-refractivity contribution >= 4 is 22.7 Å². The monoisotopic (exact) mass is 243 g/mol. The van der Waals surface area contributed by atoms with E-state index in [4.69, 9.17) is 0 Å². The molecule has 90 valence electrons. The van der Waals surface area contributed by atoms with Gasteiger partial charge < -0.3 is 5.32 Å². The van der Waals surface area contributed by atoms with Crippen molar-refractivity contribution in [3.05, 3.63) is 63.6 Å². The maximum absolute atomic E-state index is 11.0. The molecule has 2 aromatic carbocycles. The van der Waals surface area contributed by atoms with Gasteiger partial charge in [-0.3, -0.25) is 10.1 Å². The molecular formula is C12H9N3O3. The van der Waals surface area contributed by atoms with Gasteiger partial charge >= 0.3 is 5.69 Å². The summed E-state index contributed by atoms with van der Waals surface area (Å²) in [5.74, 6) is 0. The van der Waals surface area contributed by atoms with Crippen molar-refractivity contribution in [2.24, 2.45) is 5.18 Å². The Morgan fingerprint density at radius 1 is 1.06 bits per heavy atom. The van der Waals surface area contributed by atoms with Crippen LogP contribution in [0.5, 0.6) is 0 Å². The molecule has 2 rings (SSSR count). The second-order valence-electron chi connectivity index (χ2n) is 3.51. The minimum Gasteiger partial charge on any atom is -0.350 e. The van der Waals surface area contributed by atoms with Crippen LogP contribution >= 0.6 is 0 Å². The summed E-state index contributed by atoms with van der Waals surface area (Å²) in [6.07, 6.45) is 0. The third-order valence-corrected chi connectivity index (χ3v) is 2.35. The summed E-state index contributed by atoms with van der Waals surface area (Å²) in [5.41, 5.74) is 0.421. The molecule has 2 aromatic rings. The van der Waals surface area contributed by atoms with E-state index in [1.807, 2.05) is 6.07 Å². The van der Waals surface area contributed by atoms with E-state index in [1.54, 1.807) is 24.3 Å². The molecule has 0 aliphatic heterocycles. The molecule has 0 amide bonds. The van der Waals surface area contributed by atoms with Crippen LogP contribution in [-0.4, -0.2) is 4.92 Å². The van der Waals surface area contributed by atoms with Gasteiger partial charge in [-0.1, -0.05) is 24.3 Å². The van der Waals surface area contributed by atoms with E-state index in [0.29, 0.717) is 5.69 Å². The molecule has 0 heterocycles. The van der Waals surface area contributed by atoms with E-state index in [0.717, 1.165) is 0 Å². The molecule has 6 nitrogen and oxygen atoms in total. The zero-order valence-electron chi connectivity index (χ0n) is 9.24. The average molecular weight is 243 g/mol. The zero-order chi connectivity index (χ0) is 13.0. The summed E-state index contributed by atoms with van der Waals surface area (Å²) in [6, 6.07) is 13.3. The van der Waals surface area contributed by atoms with Gasteiger partial charge in [-0.2, -0.15) is 0 Å². The van der Waals surface area contributed by atoms with E-state index in [1.165, 1.54) is 18.2 Å². The van der Waals surface area contributed by atoms with Gasteiger partial charge in [0, 0.05) is 5.69 Å². The summed E-state index contributed by atoms with van der Waals surface area (Å²) in [6.45, 7) is 0. The van der Waals surface area contributed by atoms with Crippen LogP contribution in [0.15, 0.2) is 53.7 Å². The Morgan fingerprint density at radius 3 is 2.39 bits per heavy atom. The van der Waals surface area contributed by atoms with Gasteiger partial charge in [0.05, 0.1) is 4.92 Å². The number of hydrogen-bond acceptors (Lipinski definition) is 5. The fraction of sp³-hybridized carbons (Fsp3) is 0. The van der Waals surface area contributed by atoms with Crippen LogP contribution in [0.3, 0.4) is 0 Å². The molecule has 1 N–H and O–H groups in total. The topological polar surface area (TPSA) is 84.6 Å². The van der Waals surface area contributed by atoms with Crippen LogP contribution in [0.2, 0.25) is 0 Å². The highest BCUT2D eigenvalue weighted by Gasteiger charge is 2.20. The smallest absolute Gasteiger partial charge is 0.321 e. The highest BCUT2D eigenvalue weighted by molar-refractivity contribution is 5.77. The van der Waals surface area contributed by atoms with E-state index in [9.17, 15) is 15.0 Å². The normalized spacial score (nSPS) is 9.78. The van der Waals surface area contributed by atoms with Crippen LogP contribution in [0.4, 0.5) is 22.7 Å². The Morgan fingerprint density at radius 2 is 1.78 bits per heavy atom. The number of nitrogens with zero attached hydrogens (tertiary/aromatic N) is 2. The number of hydrogen-bond donors (Lipinski definition) is 1. The number of anilines is 2. The lowest BCUT2D eigenvalue weighted by molar-refractivity contribution is -0.383. The van der Waals surface area contributed by atoms with Crippen LogP contribution in [0.1, 0.15) is 0 Å². The largest absolute Gasteiger partial charge is 0.350 e. The van der Waals surface area contributed by atoms with E-state index < -0.39 is 4.92 Å². The molecule has 0 aliphatic carbocycles. The zero-order valence-corrected chi connectivity index (χ0v) is 9.24. The lowest BCUT2D eigenvalue weighted by Gasteiger charge is -2.07. The molecule has 0 fully saturated rings. The Hall–Kier alpha value is -2.76. The minimum atomic E-state index is -0.623. The highest BCUT2D eigenvalue weighted by atomic mass is 16.6. The SMILES string of the molecule is O=Nc1cccc(Nc2ccccc2)c1[N+](=O)[O-]. The van der Waals surface area contributed by atoms with Crippen molar-refractivity contribution in [3.63, 3.8) is 0 Å². The fourth-order valence-electron chi connectivity index (χ4n) is 1.57. The third-order valence-electron chi connectivity index (χ3n) is 2.35. The molecule has 0 bridgehead atoms. The van der Waals surface area contributed by atoms with Gasteiger partial charge in [0.25, 0.3) is 0 Å². The summed E-state index contributed by atoms with van der Waals surface area (Å²) < 4.78 is 0. The van der Waals surface area contributed by atoms with Crippen molar-refractivity contribution in [2.75, 3.05) is 5.32 Å². The van der Waals surface area contributed by atoms with Gasteiger partial charge in [-0.05, 0) is 29.4 Å². The summed E-state index contributed by atoms with van der Waals surface area (Å²) in [5, 5.41) is 16.5. The molecule has 0 saturated heterocycles. The standard InChI is InChI=1S/C12H9N3O3/c16-14-11-8-4-7-10(12(11)15(17)18)13-9-5-2-1-3-6-9/h1-8,13H. The third kappa shape index (κ3) is 2.32. The molecule has 0 unspecified atom stereocenters. The Labute approximate surface area is 102 Å². The van der Waals surface area contributed by atoms with Gasteiger partial charge in [0.2, 0.25) is 0 Å². The summed E-state index contributed by atoms with van der Waals surface area (Å²) in [4.78, 5) is 20.9. The Kier molecular flexibility index (Phi) is 3.29. The molecule has 0 radical (unpaired) electrons. The highest BCUT2D eigenvalue weighted by Crippen LogP contribution is 2.36. The molecule has 18 heavy (non-hydrogen) atoms. The van der Waals surface area contributed by atoms with Crippen molar-refractivity contribution < 1.29 is 4.92 Å². The number of para-hydroxylation sites is 2. The van der Waals surface area contributed by atoms with Gasteiger partial charge in [0.15, 0.2) is 5.69 Å². The maximum atomic E-state index is 11.0. The minimum absolute atomic E-state index is 0.194. The first-order valence-corrected chi connectivity index (χ1v) is 5.15. The first-order valence-electron chi connectivity index (χ1n) is 5.15. The number of nitro benzene ring substituents is 1. The molecule has 6 heteroatoms. The molecule has 0 atom stereocenters. The fourth-order valence-corrected chi connectivity index (χ4v) is 1.57. The van der Waals surface area contributed by atoms with Gasteiger partial charge in [0.1, 0.15) is 5.69 Å². The molecule has 0 aliphatic rings.